The molecule has 0 bridgehead atoms. The Labute approximate surface area is 98.9 Å². The summed E-state index contributed by atoms with van der Waals surface area (Å²) in [6.07, 6.45) is 0. The van der Waals surface area contributed by atoms with Crippen LogP contribution in [-0.4, -0.2) is 43.3 Å². The van der Waals surface area contributed by atoms with Crippen molar-refractivity contribution in [1.29, 1.82) is 0 Å². The molecule has 1 saturated heterocycles. The summed E-state index contributed by atoms with van der Waals surface area (Å²) in [4.78, 5) is 15.9. The molecule has 0 radical (unpaired) electrons. The van der Waals surface area contributed by atoms with Gasteiger partial charge in [-0.2, -0.15) is 4.98 Å². The maximum Gasteiger partial charge on any atom is 0.231 e. The number of hydrogen-bond acceptors (Lipinski definition) is 6. The van der Waals surface area contributed by atoms with Gasteiger partial charge in [0.15, 0.2) is 5.82 Å². The molecule has 2 atom stereocenters. The first-order valence-electron chi connectivity index (χ1n) is 5.50. The van der Waals surface area contributed by atoms with E-state index < -0.39 is 0 Å². The molecule has 0 unspecified atom stereocenters. The molecule has 7 nitrogen and oxygen atoms in total. The first-order chi connectivity index (χ1) is 8.26. The molecule has 0 aromatic carbocycles. The van der Waals surface area contributed by atoms with Crippen molar-refractivity contribution in [3.05, 3.63) is 11.7 Å². The van der Waals surface area contributed by atoms with Gasteiger partial charge in [0.05, 0.1) is 11.8 Å². The molecule has 2 heterocycles. The fraction of sp³-hybridized carbons (Fsp3) is 0.700. The van der Waals surface area contributed by atoms with Gasteiger partial charge in [-0.15, -0.1) is 0 Å². The second-order valence-corrected chi connectivity index (χ2v) is 3.97. The smallest absolute Gasteiger partial charge is 0.231 e. The van der Waals surface area contributed by atoms with Crippen LogP contribution in [0.25, 0.3) is 0 Å². The van der Waals surface area contributed by atoms with E-state index >= 15 is 0 Å². The predicted octanol–water partition coefficient (Wildman–Crippen LogP) is -0.735. The van der Waals surface area contributed by atoms with Gasteiger partial charge in [-0.25, -0.2) is 0 Å². The minimum Gasteiger partial charge on any atom is -0.377 e. The van der Waals surface area contributed by atoms with Crippen molar-refractivity contribution in [2.75, 3.05) is 27.2 Å². The molecule has 7 heteroatoms. The highest BCUT2D eigenvalue weighted by Gasteiger charge is 2.37. The van der Waals surface area contributed by atoms with E-state index in [0.29, 0.717) is 31.4 Å². The van der Waals surface area contributed by atoms with Crippen LogP contribution >= 0.6 is 0 Å². The van der Waals surface area contributed by atoms with Gasteiger partial charge in [-0.05, 0) is 0 Å². The van der Waals surface area contributed by atoms with Crippen molar-refractivity contribution in [1.82, 2.24) is 20.8 Å². The summed E-state index contributed by atoms with van der Waals surface area (Å²) in [5.74, 6) is 0.774. The number of nitrogens with one attached hydrogen (secondary N) is 2. The molecule has 1 aliphatic heterocycles. The maximum absolute atomic E-state index is 11.7. The molecule has 2 N–H and O–H groups in total. The molecule has 0 spiro atoms. The highest BCUT2D eigenvalue weighted by molar-refractivity contribution is 5.79. The summed E-state index contributed by atoms with van der Waals surface area (Å²) in [6.45, 7) is 1.62. The number of amides is 1. The number of nitrogens with zero attached hydrogens (tertiary/aromatic N) is 2. The molecule has 17 heavy (non-hydrogen) atoms. The van der Waals surface area contributed by atoms with Gasteiger partial charge in [0.2, 0.25) is 11.8 Å². The van der Waals surface area contributed by atoms with Gasteiger partial charge in [0.25, 0.3) is 0 Å². The van der Waals surface area contributed by atoms with E-state index in [-0.39, 0.29) is 17.7 Å². The Bertz CT molecular complexity index is 393. The standard InChI is InChI=1S/C10H16N4O3/c1-11-9(15)6-3-12-4-7(6)10-13-8(5-16-2)14-17-10/h6-7,12H,3-5H2,1-2H3,(H,11,15)/t6-,7-/m1/s1. The fourth-order valence-electron chi connectivity index (χ4n) is 2.00. The van der Waals surface area contributed by atoms with E-state index in [9.17, 15) is 4.79 Å². The zero-order valence-corrected chi connectivity index (χ0v) is 9.90. The number of rotatable bonds is 4. The van der Waals surface area contributed by atoms with Crippen LogP contribution in [0.5, 0.6) is 0 Å². The van der Waals surface area contributed by atoms with Crippen molar-refractivity contribution >= 4 is 5.91 Å². The van der Waals surface area contributed by atoms with Gasteiger partial charge in [0.1, 0.15) is 6.61 Å². The number of carbonyl (C=O) groups is 1. The first kappa shape index (κ1) is 12.0. The van der Waals surface area contributed by atoms with E-state index in [1.165, 1.54) is 0 Å². The lowest BCUT2D eigenvalue weighted by Crippen LogP contribution is -2.31. The number of aromatic nitrogens is 2. The summed E-state index contributed by atoms with van der Waals surface area (Å²) in [6, 6.07) is 0. The predicted molar refractivity (Wildman–Crippen MR) is 58.2 cm³/mol. The Kier molecular flexibility index (Phi) is 3.70. The van der Waals surface area contributed by atoms with Crippen LogP contribution in [0, 0.1) is 5.92 Å². The largest absolute Gasteiger partial charge is 0.377 e. The molecule has 1 aromatic heterocycles. The lowest BCUT2D eigenvalue weighted by atomic mass is 9.95. The summed E-state index contributed by atoms with van der Waals surface area (Å²) in [5, 5.41) is 9.60. The van der Waals surface area contributed by atoms with Gasteiger partial charge in [0, 0.05) is 27.2 Å². The monoisotopic (exact) mass is 240 g/mol. The normalized spacial score (nSPS) is 23.9. The fourth-order valence-corrected chi connectivity index (χ4v) is 2.00. The Morgan fingerprint density at radius 1 is 1.65 bits per heavy atom. The second kappa shape index (κ2) is 5.24. The molecular formula is C10H16N4O3. The summed E-state index contributed by atoms with van der Waals surface area (Å²) in [5.41, 5.74) is 0. The SMILES string of the molecule is CNC(=O)[C@@H]1CNC[C@H]1c1nc(COC)no1. The van der Waals surface area contributed by atoms with Gasteiger partial charge >= 0.3 is 0 Å². The van der Waals surface area contributed by atoms with Crippen molar-refractivity contribution in [3.63, 3.8) is 0 Å². The lowest BCUT2D eigenvalue weighted by molar-refractivity contribution is -0.124. The average molecular weight is 240 g/mol. The van der Waals surface area contributed by atoms with Gasteiger partial charge in [-0.3, -0.25) is 4.79 Å². The van der Waals surface area contributed by atoms with Crippen LogP contribution in [0.15, 0.2) is 4.52 Å². The first-order valence-corrected chi connectivity index (χ1v) is 5.50. The molecule has 0 saturated carbocycles. The van der Waals surface area contributed by atoms with Crippen LogP contribution in [0.4, 0.5) is 0 Å². The third-order valence-electron chi connectivity index (χ3n) is 2.87. The quantitative estimate of drug-likeness (QED) is 0.721. The number of carbonyl (C=O) groups excluding carboxylic acids is 1. The van der Waals surface area contributed by atoms with Crippen LogP contribution < -0.4 is 10.6 Å². The van der Waals surface area contributed by atoms with E-state index in [1.807, 2.05) is 0 Å². The van der Waals surface area contributed by atoms with Gasteiger partial charge < -0.3 is 19.9 Å². The van der Waals surface area contributed by atoms with E-state index in [1.54, 1.807) is 14.2 Å². The molecule has 1 aliphatic rings. The third kappa shape index (κ3) is 2.45. The molecule has 94 valence electrons. The number of methoxy groups -OCH3 is 1. The Morgan fingerprint density at radius 3 is 3.18 bits per heavy atom. The number of ether oxygens (including phenoxy) is 1. The molecule has 0 aliphatic carbocycles. The average Bonchev–Trinajstić information content (AvgIpc) is 2.95. The summed E-state index contributed by atoms with van der Waals surface area (Å²) >= 11 is 0. The minimum atomic E-state index is -0.157. The third-order valence-corrected chi connectivity index (χ3v) is 2.87. The van der Waals surface area contributed by atoms with Crippen LogP contribution in [0.1, 0.15) is 17.6 Å². The van der Waals surface area contributed by atoms with E-state index in [4.69, 9.17) is 9.26 Å². The van der Waals surface area contributed by atoms with Gasteiger partial charge in [-0.1, -0.05) is 5.16 Å². The highest BCUT2D eigenvalue weighted by Crippen LogP contribution is 2.26. The molecule has 1 fully saturated rings. The zero-order chi connectivity index (χ0) is 12.3. The highest BCUT2D eigenvalue weighted by atomic mass is 16.5. The van der Waals surface area contributed by atoms with Crippen LogP contribution in [-0.2, 0) is 16.1 Å². The molecular weight excluding hydrogens is 224 g/mol. The minimum absolute atomic E-state index is 0.00788. The topological polar surface area (TPSA) is 89.3 Å². The van der Waals surface area contributed by atoms with E-state index in [0.717, 1.165) is 0 Å². The van der Waals surface area contributed by atoms with Crippen LogP contribution in [0.3, 0.4) is 0 Å². The second-order valence-electron chi connectivity index (χ2n) is 3.97. The maximum atomic E-state index is 11.7. The molecule has 2 rings (SSSR count). The molecule has 1 amide bonds. The Balaban J connectivity index is 2.11. The Hall–Kier alpha value is -1.47. The van der Waals surface area contributed by atoms with Crippen molar-refractivity contribution < 1.29 is 14.1 Å². The Morgan fingerprint density at radius 2 is 2.47 bits per heavy atom. The van der Waals surface area contributed by atoms with E-state index in [2.05, 4.69) is 20.8 Å². The molecule has 1 aromatic rings. The van der Waals surface area contributed by atoms with Crippen LogP contribution in [0.2, 0.25) is 0 Å². The van der Waals surface area contributed by atoms with Crippen molar-refractivity contribution in [2.24, 2.45) is 5.92 Å². The van der Waals surface area contributed by atoms with Crippen molar-refractivity contribution in [2.45, 2.75) is 12.5 Å². The zero-order valence-electron chi connectivity index (χ0n) is 9.90. The number of hydrogen-bond donors (Lipinski definition) is 2. The lowest BCUT2D eigenvalue weighted by Gasteiger charge is -2.12. The summed E-state index contributed by atoms with van der Waals surface area (Å²) in [7, 11) is 3.20. The summed E-state index contributed by atoms with van der Waals surface area (Å²) < 4.78 is 10.1. The van der Waals surface area contributed by atoms with Crippen molar-refractivity contribution in [3.8, 4) is 0 Å².